The molecule has 0 radical (unpaired) electrons. The Bertz CT molecular complexity index is 726. The first-order chi connectivity index (χ1) is 11.3. The van der Waals surface area contributed by atoms with Gasteiger partial charge in [-0.1, -0.05) is 60.7 Å². The second kappa shape index (κ2) is 7.07. The van der Waals surface area contributed by atoms with Gasteiger partial charge in [0.25, 0.3) is 0 Å². The average molecular weight is 303 g/mol. The molecular formula is C20H21N3. The molecule has 3 N–H and O–H groups in total. The van der Waals surface area contributed by atoms with Crippen molar-refractivity contribution in [2.24, 2.45) is 10.7 Å². The van der Waals surface area contributed by atoms with Crippen LogP contribution < -0.4 is 11.1 Å². The third-order valence-electron chi connectivity index (χ3n) is 3.95. The molecule has 3 nitrogen and oxygen atoms in total. The first kappa shape index (κ1) is 15.3. The molecule has 0 spiro atoms. The van der Waals surface area contributed by atoms with E-state index in [1.165, 1.54) is 22.3 Å². The van der Waals surface area contributed by atoms with Gasteiger partial charge >= 0.3 is 0 Å². The number of fused-ring (bicyclic) bond motifs is 3. The Balaban J connectivity index is 2.00. The number of hydrogen-bond donors (Lipinski definition) is 2. The molecule has 2 aromatic carbocycles. The molecule has 3 heteroatoms. The van der Waals surface area contributed by atoms with E-state index in [1.54, 1.807) is 6.21 Å². The fourth-order valence-electron chi connectivity index (χ4n) is 2.96. The zero-order valence-electron chi connectivity index (χ0n) is 13.2. The van der Waals surface area contributed by atoms with Gasteiger partial charge in [0, 0.05) is 6.21 Å². The van der Waals surface area contributed by atoms with Crippen LogP contribution in [0.2, 0.25) is 0 Å². The van der Waals surface area contributed by atoms with Gasteiger partial charge in [0.15, 0.2) is 0 Å². The monoisotopic (exact) mass is 303 g/mol. The van der Waals surface area contributed by atoms with Gasteiger partial charge < -0.3 is 11.1 Å². The van der Waals surface area contributed by atoms with Crippen LogP contribution >= 0.6 is 0 Å². The van der Waals surface area contributed by atoms with E-state index < -0.39 is 0 Å². The van der Waals surface area contributed by atoms with Crippen LogP contribution in [-0.4, -0.2) is 12.9 Å². The summed E-state index contributed by atoms with van der Waals surface area (Å²) in [6, 6.07) is 17.2. The largest absolute Gasteiger partial charge is 0.373 e. The highest BCUT2D eigenvalue weighted by Crippen LogP contribution is 2.43. The SMILES string of the molecule is C/C=C/C=C(\C=NCN)NC1c2ccccc2-c2ccccc21. The van der Waals surface area contributed by atoms with Crippen molar-refractivity contribution in [1.82, 2.24) is 5.32 Å². The van der Waals surface area contributed by atoms with E-state index in [9.17, 15) is 0 Å². The Morgan fingerprint density at radius 3 is 2.26 bits per heavy atom. The maximum Gasteiger partial charge on any atom is 0.0860 e. The van der Waals surface area contributed by atoms with Crippen LogP contribution in [0.15, 0.2) is 77.4 Å². The normalized spacial score (nSPS) is 14.4. The Morgan fingerprint density at radius 1 is 1.09 bits per heavy atom. The highest BCUT2D eigenvalue weighted by molar-refractivity contribution is 5.81. The van der Waals surface area contributed by atoms with Crippen molar-refractivity contribution < 1.29 is 0 Å². The highest BCUT2D eigenvalue weighted by atomic mass is 15.0. The predicted octanol–water partition coefficient (Wildman–Crippen LogP) is 3.79. The molecule has 0 saturated heterocycles. The smallest absolute Gasteiger partial charge is 0.0860 e. The minimum Gasteiger partial charge on any atom is -0.373 e. The van der Waals surface area contributed by atoms with Crippen LogP contribution in [-0.2, 0) is 0 Å². The molecule has 1 aliphatic rings. The van der Waals surface area contributed by atoms with E-state index in [1.807, 2.05) is 25.2 Å². The second-order valence-corrected chi connectivity index (χ2v) is 5.39. The summed E-state index contributed by atoms with van der Waals surface area (Å²) in [5.74, 6) is 0. The van der Waals surface area contributed by atoms with Gasteiger partial charge in [-0.25, -0.2) is 0 Å². The molecule has 0 heterocycles. The molecule has 0 atom stereocenters. The van der Waals surface area contributed by atoms with Gasteiger partial charge in [0.1, 0.15) is 0 Å². The molecule has 0 amide bonds. The number of benzene rings is 2. The lowest BCUT2D eigenvalue weighted by Crippen LogP contribution is -2.21. The van der Waals surface area contributed by atoms with E-state index in [0.29, 0.717) is 0 Å². The van der Waals surface area contributed by atoms with Gasteiger partial charge in [-0.2, -0.15) is 0 Å². The summed E-state index contributed by atoms with van der Waals surface area (Å²) in [6.07, 6.45) is 7.80. The van der Waals surface area contributed by atoms with E-state index in [4.69, 9.17) is 5.73 Å². The fourth-order valence-corrected chi connectivity index (χ4v) is 2.96. The molecule has 3 rings (SSSR count). The van der Waals surface area contributed by atoms with Gasteiger partial charge in [-0.15, -0.1) is 0 Å². The minimum atomic E-state index is 0.128. The summed E-state index contributed by atoms with van der Waals surface area (Å²) in [4.78, 5) is 4.17. The Kier molecular flexibility index (Phi) is 4.69. The van der Waals surface area contributed by atoms with E-state index in [0.717, 1.165) is 5.70 Å². The van der Waals surface area contributed by atoms with Gasteiger partial charge in [-0.05, 0) is 35.3 Å². The first-order valence-electron chi connectivity index (χ1n) is 7.82. The Hall–Kier alpha value is -2.65. The van der Waals surface area contributed by atoms with Crippen LogP contribution in [0.5, 0.6) is 0 Å². The lowest BCUT2D eigenvalue weighted by Gasteiger charge is -2.17. The van der Waals surface area contributed by atoms with Crippen LogP contribution in [0.4, 0.5) is 0 Å². The standard InChI is InChI=1S/C20H21N3/c1-2-3-8-15(13-22-14-21)23-20-18-11-6-4-9-16(18)17-10-5-7-12-19(17)20/h2-13,20,23H,14,21H2,1H3/b3-2+,15-8+,22-13?. The Morgan fingerprint density at radius 2 is 1.70 bits per heavy atom. The summed E-state index contributed by atoms with van der Waals surface area (Å²) in [5.41, 5.74) is 11.6. The maximum atomic E-state index is 5.50. The topological polar surface area (TPSA) is 50.4 Å². The second-order valence-electron chi connectivity index (χ2n) is 5.39. The van der Waals surface area contributed by atoms with Gasteiger partial charge in [0.2, 0.25) is 0 Å². The number of nitrogens with zero attached hydrogens (tertiary/aromatic N) is 1. The lowest BCUT2D eigenvalue weighted by molar-refractivity contribution is 0.730. The molecule has 0 unspecified atom stereocenters. The molecule has 23 heavy (non-hydrogen) atoms. The van der Waals surface area contributed by atoms with Crippen molar-refractivity contribution in [3.05, 3.63) is 83.6 Å². The summed E-state index contributed by atoms with van der Waals surface area (Å²) >= 11 is 0. The summed E-state index contributed by atoms with van der Waals surface area (Å²) in [7, 11) is 0. The zero-order valence-corrected chi connectivity index (χ0v) is 13.2. The molecular weight excluding hydrogens is 282 g/mol. The van der Waals surface area contributed by atoms with Crippen molar-refractivity contribution in [3.63, 3.8) is 0 Å². The zero-order chi connectivity index (χ0) is 16.1. The average Bonchev–Trinajstić information content (AvgIpc) is 2.91. The number of aliphatic imine (C=N–C) groups is 1. The van der Waals surface area contributed by atoms with Crippen molar-refractivity contribution in [1.29, 1.82) is 0 Å². The molecule has 0 aliphatic heterocycles. The highest BCUT2D eigenvalue weighted by Gasteiger charge is 2.27. The Labute approximate surface area is 137 Å². The summed E-state index contributed by atoms with van der Waals surface area (Å²) in [6.45, 7) is 2.28. The molecule has 0 aromatic heterocycles. The fraction of sp³-hybridized carbons (Fsp3) is 0.150. The van der Waals surface area contributed by atoms with Crippen molar-refractivity contribution in [2.75, 3.05) is 6.67 Å². The molecule has 0 saturated carbocycles. The van der Waals surface area contributed by atoms with E-state index in [-0.39, 0.29) is 12.7 Å². The lowest BCUT2D eigenvalue weighted by atomic mass is 10.1. The van der Waals surface area contributed by atoms with Crippen molar-refractivity contribution in [2.45, 2.75) is 13.0 Å². The molecule has 0 fully saturated rings. The quantitative estimate of drug-likeness (QED) is 0.652. The van der Waals surface area contributed by atoms with Crippen LogP contribution in [0.25, 0.3) is 11.1 Å². The van der Waals surface area contributed by atoms with Crippen molar-refractivity contribution >= 4 is 6.21 Å². The third kappa shape index (κ3) is 3.10. The number of nitrogens with one attached hydrogen (secondary N) is 1. The maximum absolute atomic E-state index is 5.50. The minimum absolute atomic E-state index is 0.128. The van der Waals surface area contributed by atoms with E-state index >= 15 is 0 Å². The number of nitrogens with two attached hydrogens (primary N) is 1. The number of rotatable bonds is 5. The molecule has 1 aliphatic carbocycles. The molecule has 116 valence electrons. The summed E-state index contributed by atoms with van der Waals surface area (Å²) < 4.78 is 0. The van der Waals surface area contributed by atoms with Gasteiger partial charge in [-0.3, -0.25) is 4.99 Å². The first-order valence-corrected chi connectivity index (χ1v) is 7.82. The molecule has 0 bridgehead atoms. The number of allylic oxidation sites excluding steroid dienone is 4. The van der Waals surface area contributed by atoms with Crippen LogP contribution in [0, 0.1) is 0 Å². The van der Waals surface area contributed by atoms with Crippen LogP contribution in [0.1, 0.15) is 24.1 Å². The number of hydrogen-bond acceptors (Lipinski definition) is 3. The predicted molar refractivity (Wildman–Crippen MR) is 97.3 cm³/mol. The van der Waals surface area contributed by atoms with E-state index in [2.05, 4.69) is 58.8 Å². The van der Waals surface area contributed by atoms with Crippen LogP contribution in [0.3, 0.4) is 0 Å². The third-order valence-corrected chi connectivity index (χ3v) is 3.95. The summed E-state index contributed by atoms with van der Waals surface area (Å²) in [5, 5.41) is 3.60. The van der Waals surface area contributed by atoms with Gasteiger partial charge in [0.05, 0.1) is 18.4 Å². The molecule has 2 aromatic rings. The van der Waals surface area contributed by atoms with Crippen molar-refractivity contribution in [3.8, 4) is 11.1 Å².